The van der Waals surface area contributed by atoms with Gasteiger partial charge in [-0.15, -0.1) is 0 Å². The highest BCUT2D eigenvalue weighted by Crippen LogP contribution is 2.40. The first-order valence-electron chi connectivity index (χ1n) is 8.85. The number of nitrogens with zero attached hydrogens (tertiary/aromatic N) is 4. The maximum atomic E-state index is 6.06. The molecule has 0 spiro atoms. The van der Waals surface area contributed by atoms with Crippen LogP contribution in [0.3, 0.4) is 0 Å². The first-order chi connectivity index (χ1) is 11.9. The van der Waals surface area contributed by atoms with Crippen molar-refractivity contribution in [1.29, 1.82) is 0 Å². The fourth-order valence-corrected chi connectivity index (χ4v) is 4.55. The molecule has 3 fully saturated rings. The van der Waals surface area contributed by atoms with Crippen LogP contribution in [0.2, 0.25) is 0 Å². The Bertz CT molecular complexity index is 702. The number of hydrogen-bond donors (Lipinski definition) is 0. The molecule has 0 amide bonds. The molecule has 0 N–H and O–H groups in total. The van der Waals surface area contributed by atoms with Crippen LogP contribution in [0.5, 0.6) is 0 Å². The molecule has 2 aromatic rings. The summed E-state index contributed by atoms with van der Waals surface area (Å²) in [6, 6.07) is 11.2. The van der Waals surface area contributed by atoms with E-state index in [4.69, 9.17) is 9.72 Å². The van der Waals surface area contributed by atoms with Crippen LogP contribution >= 0.6 is 11.5 Å². The molecule has 3 heterocycles. The zero-order valence-electron chi connectivity index (χ0n) is 13.7. The van der Waals surface area contributed by atoms with Crippen molar-refractivity contribution in [2.75, 3.05) is 31.1 Å². The molecule has 0 unspecified atom stereocenters. The topological polar surface area (TPSA) is 41.5 Å². The minimum atomic E-state index is 0.288. The second-order valence-corrected chi connectivity index (χ2v) is 7.78. The highest BCUT2D eigenvalue weighted by molar-refractivity contribution is 7.09. The number of fused-ring (bicyclic) bond motifs is 1. The van der Waals surface area contributed by atoms with E-state index in [1.54, 1.807) is 11.5 Å². The van der Waals surface area contributed by atoms with E-state index < -0.39 is 0 Å². The molecule has 0 radical (unpaired) electrons. The highest BCUT2D eigenvalue weighted by Gasteiger charge is 2.41. The van der Waals surface area contributed by atoms with Crippen molar-refractivity contribution in [3.8, 4) is 0 Å². The quantitative estimate of drug-likeness (QED) is 0.854. The maximum Gasteiger partial charge on any atom is 0.205 e. The van der Waals surface area contributed by atoms with Crippen LogP contribution in [0.1, 0.15) is 30.1 Å². The maximum absolute atomic E-state index is 6.06. The summed E-state index contributed by atoms with van der Waals surface area (Å²) in [5.74, 6) is 1.69. The van der Waals surface area contributed by atoms with Crippen LogP contribution in [-0.2, 0) is 11.3 Å². The van der Waals surface area contributed by atoms with Gasteiger partial charge in [-0.1, -0.05) is 30.3 Å². The van der Waals surface area contributed by atoms with Crippen LogP contribution in [0.15, 0.2) is 30.3 Å². The second kappa shape index (κ2) is 6.10. The van der Waals surface area contributed by atoms with E-state index in [2.05, 4.69) is 44.5 Å². The number of aromatic nitrogens is 2. The van der Waals surface area contributed by atoms with Gasteiger partial charge in [-0.25, -0.2) is 4.98 Å². The zero-order chi connectivity index (χ0) is 15.9. The first-order valence-corrected chi connectivity index (χ1v) is 9.62. The molecule has 1 aliphatic carbocycles. The van der Waals surface area contributed by atoms with Crippen molar-refractivity contribution in [2.24, 2.45) is 0 Å². The lowest BCUT2D eigenvalue weighted by molar-refractivity contribution is -0.0499. The number of morpholine rings is 1. The fraction of sp³-hybridized carbons (Fsp3) is 0.556. The Morgan fingerprint density at radius 3 is 2.88 bits per heavy atom. The second-order valence-electron chi connectivity index (χ2n) is 7.05. The third kappa shape index (κ3) is 2.83. The van der Waals surface area contributed by atoms with E-state index in [9.17, 15) is 0 Å². The lowest BCUT2D eigenvalue weighted by Gasteiger charge is -2.36. The normalized spacial score (nSPS) is 27.4. The number of ether oxygens (including phenoxy) is 1. The highest BCUT2D eigenvalue weighted by atomic mass is 32.1. The Hall–Kier alpha value is -1.50. The molecular formula is C18H22N4OS. The summed E-state index contributed by atoms with van der Waals surface area (Å²) in [6.45, 7) is 4.77. The van der Waals surface area contributed by atoms with Gasteiger partial charge in [0.05, 0.1) is 18.8 Å². The van der Waals surface area contributed by atoms with E-state index in [1.807, 2.05) is 0 Å². The molecule has 2 saturated heterocycles. The fourth-order valence-electron chi connectivity index (χ4n) is 3.79. The van der Waals surface area contributed by atoms with Gasteiger partial charge in [0.2, 0.25) is 5.13 Å². The number of rotatable bonds is 4. The van der Waals surface area contributed by atoms with Crippen molar-refractivity contribution in [1.82, 2.24) is 14.3 Å². The molecule has 1 saturated carbocycles. The third-order valence-electron chi connectivity index (χ3n) is 5.29. The van der Waals surface area contributed by atoms with Crippen LogP contribution < -0.4 is 4.90 Å². The molecule has 3 aliphatic rings. The molecule has 5 rings (SSSR count). The smallest absolute Gasteiger partial charge is 0.205 e. The van der Waals surface area contributed by atoms with Crippen LogP contribution in [0, 0.1) is 0 Å². The molecule has 1 aromatic heterocycles. The molecule has 0 bridgehead atoms. The summed E-state index contributed by atoms with van der Waals surface area (Å²) in [5, 5.41) is 1.08. The van der Waals surface area contributed by atoms with Gasteiger partial charge in [0.15, 0.2) is 0 Å². The predicted molar refractivity (Wildman–Crippen MR) is 94.5 cm³/mol. The Morgan fingerprint density at radius 2 is 2.04 bits per heavy atom. The largest absolute Gasteiger partial charge is 0.373 e. The standard InChI is InChI=1S/C18H22N4OS/c1-2-4-13(5-3-1)10-21-8-9-23-16-12-22(11-15(16)21)18-19-17(20-24-18)14-6-7-14/h1-5,14-16H,6-12H2/t15-,16-/m1/s1. The van der Waals surface area contributed by atoms with Crippen molar-refractivity contribution < 1.29 is 4.74 Å². The van der Waals surface area contributed by atoms with Crippen LogP contribution in [0.4, 0.5) is 5.13 Å². The lowest BCUT2D eigenvalue weighted by Crippen LogP contribution is -2.50. The molecule has 2 atom stereocenters. The van der Waals surface area contributed by atoms with Crippen molar-refractivity contribution in [2.45, 2.75) is 37.5 Å². The Balaban J connectivity index is 1.30. The van der Waals surface area contributed by atoms with Gasteiger partial charge >= 0.3 is 0 Å². The van der Waals surface area contributed by atoms with Gasteiger partial charge in [0.25, 0.3) is 0 Å². The molecule has 24 heavy (non-hydrogen) atoms. The minimum Gasteiger partial charge on any atom is -0.373 e. The molecule has 1 aromatic carbocycles. The molecule has 2 aliphatic heterocycles. The Labute approximate surface area is 146 Å². The molecule has 6 heteroatoms. The lowest BCUT2D eigenvalue weighted by atomic mass is 10.1. The number of anilines is 1. The van der Waals surface area contributed by atoms with Gasteiger partial charge in [-0.3, -0.25) is 4.90 Å². The van der Waals surface area contributed by atoms with Crippen LogP contribution in [-0.4, -0.2) is 52.6 Å². The summed E-state index contributed by atoms with van der Waals surface area (Å²) in [5.41, 5.74) is 1.38. The van der Waals surface area contributed by atoms with Gasteiger partial charge < -0.3 is 9.64 Å². The Kier molecular flexibility index (Phi) is 3.76. The average Bonchev–Trinajstić information content (AvgIpc) is 3.18. The van der Waals surface area contributed by atoms with E-state index in [1.165, 1.54) is 18.4 Å². The summed E-state index contributed by atoms with van der Waals surface area (Å²) in [7, 11) is 0. The predicted octanol–water partition coefficient (Wildman–Crippen LogP) is 2.51. The minimum absolute atomic E-state index is 0.288. The average molecular weight is 342 g/mol. The third-order valence-corrected chi connectivity index (χ3v) is 6.08. The van der Waals surface area contributed by atoms with E-state index in [-0.39, 0.29) is 6.10 Å². The SMILES string of the molecule is c1ccc(CN2CCO[C@@H]3CN(c4nc(C5CC5)ns4)C[C@H]32)cc1. The van der Waals surface area contributed by atoms with E-state index in [0.717, 1.165) is 43.7 Å². The van der Waals surface area contributed by atoms with Gasteiger partial charge in [-0.05, 0) is 18.4 Å². The monoisotopic (exact) mass is 342 g/mol. The van der Waals surface area contributed by atoms with Gasteiger partial charge in [0, 0.05) is 43.6 Å². The number of benzene rings is 1. The van der Waals surface area contributed by atoms with E-state index >= 15 is 0 Å². The van der Waals surface area contributed by atoms with E-state index in [0.29, 0.717) is 12.0 Å². The first kappa shape index (κ1) is 14.8. The summed E-state index contributed by atoms with van der Waals surface area (Å²) in [6.07, 6.45) is 2.81. The van der Waals surface area contributed by atoms with Crippen molar-refractivity contribution >= 4 is 16.7 Å². The van der Waals surface area contributed by atoms with Crippen molar-refractivity contribution in [3.63, 3.8) is 0 Å². The van der Waals surface area contributed by atoms with Crippen LogP contribution in [0.25, 0.3) is 0 Å². The molecule has 126 valence electrons. The summed E-state index contributed by atoms with van der Waals surface area (Å²) < 4.78 is 10.6. The van der Waals surface area contributed by atoms with Gasteiger partial charge in [-0.2, -0.15) is 4.37 Å². The molecule has 5 nitrogen and oxygen atoms in total. The Morgan fingerprint density at radius 1 is 1.17 bits per heavy atom. The van der Waals surface area contributed by atoms with Gasteiger partial charge in [0.1, 0.15) is 5.82 Å². The summed E-state index contributed by atoms with van der Waals surface area (Å²) >= 11 is 1.56. The number of hydrogen-bond acceptors (Lipinski definition) is 6. The summed E-state index contributed by atoms with van der Waals surface area (Å²) in [4.78, 5) is 9.73. The molecular weight excluding hydrogens is 320 g/mol. The van der Waals surface area contributed by atoms with Crippen molar-refractivity contribution in [3.05, 3.63) is 41.7 Å². The zero-order valence-corrected chi connectivity index (χ0v) is 14.5.